The number of hydrogen-bond donors (Lipinski definition) is 0. The van der Waals surface area contributed by atoms with Gasteiger partial charge < -0.3 is 4.52 Å². The number of aromatic nitrogens is 2. The normalized spacial score (nSPS) is 18.2. The van der Waals surface area contributed by atoms with Gasteiger partial charge in [-0.3, -0.25) is 4.90 Å². The molecule has 1 aromatic heterocycles. The van der Waals surface area contributed by atoms with Crippen molar-refractivity contribution in [2.75, 3.05) is 26.2 Å². The van der Waals surface area contributed by atoms with Crippen LogP contribution in [0.5, 0.6) is 0 Å². The molecule has 3 rings (SSSR count). The van der Waals surface area contributed by atoms with Crippen molar-refractivity contribution in [2.45, 2.75) is 31.2 Å². The quantitative estimate of drug-likeness (QED) is 0.742. The zero-order valence-corrected chi connectivity index (χ0v) is 16.9. The van der Waals surface area contributed by atoms with Gasteiger partial charge in [-0.2, -0.15) is 9.29 Å². The van der Waals surface area contributed by atoms with Crippen LogP contribution >= 0.6 is 23.2 Å². The van der Waals surface area contributed by atoms with Crippen molar-refractivity contribution in [3.8, 4) is 0 Å². The van der Waals surface area contributed by atoms with Crippen molar-refractivity contribution in [2.24, 2.45) is 0 Å². The third-order valence-electron chi connectivity index (χ3n) is 4.49. The molecule has 1 aliphatic heterocycles. The number of sulfonamides is 1. The number of benzene rings is 1. The van der Waals surface area contributed by atoms with Crippen LogP contribution in [0.15, 0.2) is 27.6 Å². The first kappa shape index (κ1) is 19.6. The molecule has 0 bridgehead atoms. The van der Waals surface area contributed by atoms with Gasteiger partial charge in [0.2, 0.25) is 15.9 Å². The maximum absolute atomic E-state index is 12.9. The molecule has 142 valence electrons. The van der Waals surface area contributed by atoms with Gasteiger partial charge in [0.25, 0.3) is 0 Å². The molecule has 0 amide bonds. The van der Waals surface area contributed by atoms with E-state index in [0.717, 1.165) is 0 Å². The molecule has 0 spiro atoms. The second kappa shape index (κ2) is 7.82. The molecule has 1 unspecified atom stereocenters. The Hall–Kier alpha value is -1.19. The Morgan fingerprint density at radius 1 is 1.23 bits per heavy atom. The fourth-order valence-electron chi connectivity index (χ4n) is 2.88. The van der Waals surface area contributed by atoms with Crippen LogP contribution < -0.4 is 0 Å². The van der Waals surface area contributed by atoms with E-state index >= 15 is 0 Å². The first-order valence-electron chi connectivity index (χ1n) is 8.34. The minimum Gasteiger partial charge on any atom is -0.338 e. The topological polar surface area (TPSA) is 79.5 Å². The number of nitrogens with zero attached hydrogens (tertiary/aromatic N) is 4. The van der Waals surface area contributed by atoms with Crippen LogP contribution in [-0.4, -0.2) is 53.9 Å². The summed E-state index contributed by atoms with van der Waals surface area (Å²) in [6.07, 6.45) is 0.711. The van der Waals surface area contributed by atoms with Gasteiger partial charge in [0.05, 0.1) is 11.1 Å². The van der Waals surface area contributed by atoms with Crippen LogP contribution in [-0.2, 0) is 16.4 Å². The lowest BCUT2D eigenvalue weighted by atomic mass is 10.2. The summed E-state index contributed by atoms with van der Waals surface area (Å²) < 4.78 is 32.5. The highest BCUT2D eigenvalue weighted by molar-refractivity contribution is 7.89. The fraction of sp³-hybridized carbons (Fsp3) is 0.500. The van der Waals surface area contributed by atoms with Gasteiger partial charge in [0.15, 0.2) is 5.82 Å². The highest BCUT2D eigenvalue weighted by Crippen LogP contribution is 2.29. The van der Waals surface area contributed by atoms with E-state index in [2.05, 4.69) is 15.0 Å². The number of rotatable bonds is 5. The number of hydrogen-bond acceptors (Lipinski definition) is 6. The Labute approximate surface area is 162 Å². The summed E-state index contributed by atoms with van der Waals surface area (Å²) >= 11 is 12.0. The second-order valence-electron chi connectivity index (χ2n) is 6.09. The number of halogens is 2. The number of aryl methyl sites for hydroxylation is 1. The third-order valence-corrected chi connectivity index (χ3v) is 7.10. The maximum Gasteiger partial charge on any atom is 0.244 e. The summed E-state index contributed by atoms with van der Waals surface area (Å²) in [5.41, 5.74) is 0. The van der Waals surface area contributed by atoms with Gasteiger partial charge >= 0.3 is 0 Å². The first-order valence-corrected chi connectivity index (χ1v) is 10.5. The van der Waals surface area contributed by atoms with E-state index in [0.29, 0.717) is 49.3 Å². The molecule has 1 fully saturated rings. The van der Waals surface area contributed by atoms with E-state index in [1.807, 2.05) is 13.8 Å². The van der Waals surface area contributed by atoms with Crippen molar-refractivity contribution < 1.29 is 12.9 Å². The molecule has 1 aliphatic rings. The monoisotopic (exact) mass is 418 g/mol. The summed E-state index contributed by atoms with van der Waals surface area (Å²) in [4.78, 5) is 6.52. The first-order chi connectivity index (χ1) is 12.3. The van der Waals surface area contributed by atoms with Crippen molar-refractivity contribution >= 4 is 33.2 Å². The van der Waals surface area contributed by atoms with E-state index in [1.165, 1.54) is 16.4 Å². The molecule has 1 aromatic carbocycles. The molecular formula is C16H20Cl2N4O3S. The predicted molar refractivity (Wildman–Crippen MR) is 98.9 cm³/mol. The molecule has 1 atom stereocenters. The van der Waals surface area contributed by atoms with Gasteiger partial charge in [-0.25, -0.2) is 8.42 Å². The highest BCUT2D eigenvalue weighted by Gasteiger charge is 2.33. The smallest absolute Gasteiger partial charge is 0.244 e. The predicted octanol–water partition coefficient (Wildman–Crippen LogP) is 3.01. The van der Waals surface area contributed by atoms with Gasteiger partial charge in [0.1, 0.15) is 4.90 Å². The fourth-order valence-corrected chi connectivity index (χ4v) is 5.04. The zero-order valence-electron chi connectivity index (χ0n) is 14.5. The lowest BCUT2D eigenvalue weighted by molar-refractivity contribution is 0.124. The SMILES string of the molecule is CCc1noc(C(C)N2CCN(S(=O)(=O)c3cc(Cl)ccc3Cl)CC2)n1. The molecule has 2 aromatic rings. The lowest BCUT2D eigenvalue weighted by Crippen LogP contribution is -2.49. The molecule has 0 N–H and O–H groups in total. The van der Waals surface area contributed by atoms with Crippen LogP contribution in [0.4, 0.5) is 0 Å². The molecule has 26 heavy (non-hydrogen) atoms. The Kier molecular flexibility index (Phi) is 5.88. The van der Waals surface area contributed by atoms with Crippen LogP contribution in [0, 0.1) is 0 Å². The lowest BCUT2D eigenvalue weighted by Gasteiger charge is -2.36. The van der Waals surface area contributed by atoms with Crippen molar-refractivity contribution in [3.63, 3.8) is 0 Å². The summed E-state index contributed by atoms with van der Waals surface area (Å²) in [6.45, 7) is 5.76. The van der Waals surface area contributed by atoms with Crippen molar-refractivity contribution in [3.05, 3.63) is 40.0 Å². The van der Waals surface area contributed by atoms with E-state index < -0.39 is 10.0 Å². The molecular weight excluding hydrogens is 399 g/mol. The van der Waals surface area contributed by atoms with E-state index in [-0.39, 0.29) is 16.0 Å². The Morgan fingerprint density at radius 3 is 2.54 bits per heavy atom. The summed E-state index contributed by atoms with van der Waals surface area (Å²) in [5.74, 6) is 1.22. The summed E-state index contributed by atoms with van der Waals surface area (Å²) in [6, 6.07) is 4.38. The minimum absolute atomic E-state index is 0.0395. The average molecular weight is 419 g/mol. The van der Waals surface area contributed by atoms with Crippen LogP contribution in [0.25, 0.3) is 0 Å². The largest absolute Gasteiger partial charge is 0.338 e. The molecule has 7 nitrogen and oxygen atoms in total. The highest BCUT2D eigenvalue weighted by atomic mass is 35.5. The van der Waals surface area contributed by atoms with Crippen LogP contribution in [0.2, 0.25) is 10.0 Å². The molecule has 0 saturated carbocycles. The molecule has 1 saturated heterocycles. The Morgan fingerprint density at radius 2 is 1.92 bits per heavy atom. The van der Waals surface area contributed by atoms with Gasteiger partial charge in [-0.1, -0.05) is 35.3 Å². The molecule has 0 aliphatic carbocycles. The zero-order chi connectivity index (χ0) is 18.9. The molecule has 10 heteroatoms. The third kappa shape index (κ3) is 3.89. The van der Waals surface area contributed by atoms with E-state index in [4.69, 9.17) is 27.7 Å². The second-order valence-corrected chi connectivity index (χ2v) is 8.84. The van der Waals surface area contributed by atoms with E-state index in [1.54, 1.807) is 6.07 Å². The Bertz CT molecular complexity index is 879. The number of piperazine rings is 1. The Balaban J connectivity index is 1.70. The summed E-state index contributed by atoms with van der Waals surface area (Å²) in [7, 11) is -3.69. The van der Waals surface area contributed by atoms with Crippen LogP contribution in [0.1, 0.15) is 31.6 Å². The molecule has 2 heterocycles. The van der Waals surface area contributed by atoms with E-state index in [9.17, 15) is 8.42 Å². The molecule has 0 radical (unpaired) electrons. The average Bonchev–Trinajstić information content (AvgIpc) is 3.12. The van der Waals surface area contributed by atoms with Gasteiger partial charge in [-0.15, -0.1) is 0 Å². The standard InChI is InChI=1S/C16H20Cl2N4O3S/c1-3-15-19-16(25-20-15)11(2)21-6-8-22(9-7-21)26(23,24)14-10-12(17)4-5-13(14)18/h4-5,10-11H,3,6-9H2,1-2H3. The van der Waals surface area contributed by atoms with Crippen molar-refractivity contribution in [1.29, 1.82) is 0 Å². The summed E-state index contributed by atoms with van der Waals surface area (Å²) in [5, 5.41) is 4.42. The van der Waals surface area contributed by atoms with Gasteiger partial charge in [0, 0.05) is 37.6 Å². The van der Waals surface area contributed by atoms with Crippen molar-refractivity contribution in [1.82, 2.24) is 19.3 Å². The minimum atomic E-state index is -3.69. The van der Waals surface area contributed by atoms with Crippen LogP contribution in [0.3, 0.4) is 0 Å². The maximum atomic E-state index is 12.9. The van der Waals surface area contributed by atoms with Gasteiger partial charge in [-0.05, 0) is 25.1 Å².